The lowest BCUT2D eigenvalue weighted by molar-refractivity contribution is 0.102. The molecule has 0 aliphatic heterocycles. The van der Waals surface area contributed by atoms with Gasteiger partial charge >= 0.3 is 0 Å². The number of benzene rings is 2. The molecule has 6 nitrogen and oxygen atoms in total. The van der Waals surface area contributed by atoms with Crippen LogP contribution in [0.3, 0.4) is 0 Å². The van der Waals surface area contributed by atoms with Gasteiger partial charge in [0.15, 0.2) is 0 Å². The standard InChI is InChI=1S/C19H13FN4O2/c20-15-6-2-7-16-14(15)11-17(23-16)19(25)22-12-4-1-5-13(10-12)26-18-8-3-9-21-24-18/h1-11,23H,(H,22,25). The lowest BCUT2D eigenvalue weighted by Crippen LogP contribution is -2.12. The minimum absolute atomic E-state index is 0.269. The predicted octanol–water partition coefficient (Wildman–Crippen LogP) is 4.14. The fourth-order valence-corrected chi connectivity index (χ4v) is 2.54. The number of aromatic nitrogens is 3. The van der Waals surface area contributed by atoms with Crippen molar-refractivity contribution < 1.29 is 13.9 Å². The van der Waals surface area contributed by atoms with Crippen LogP contribution in [0.4, 0.5) is 10.1 Å². The molecule has 128 valence electrons. The quantitative estimate of drug-likeness (QED) is 0.581. The Labute approximate surface area is 147 Å². The van der Waals surface area contributed by atoms with Crippen molar-refractivity contribution in [2.24, 2.45) is 0 Å². The van der Waals surface area contributed by atoms with Crippen LogP contribution >= 0.6 is 0 Å². The number of fused-ring (bicyclic) bond motifs is 1. The van der Waals surface area contributed by atoms with Gasteiger partial charge in [-0.15, -0.1) is 5.10 Å². The van der Waals surface area contributed by atoms with E-state index in [9.17, 15) is 9.18 Å². The van der Waals surface area contributed by atoms with Crippen molar-refractivity contribution in [3.8, 4) is 11.6 Å². The summed E-state index contributed by atoms with van der Waals surface area (Å²) in [6.45, 7) is 0. The number of aromatic amines is 1. The van der Waals surface area contributed by atoms with Gasteiger partial charge in [0.2, 0.25) is 5.88 Å². The molecule has 0 fully saturated rings. The number of carbonyl (C=O) groups excluding carboxylic acids is 1. The number of anilines is 1. The number of hydrogen-bond acceptors (Lipinski definition) is 4. The van der Waals surface area contributed by atoms with Gasteiger partial charge in [0.25, 0.3) is 5.91 Å². The SMILES string of the molecule is O=C(Nc1cccc(Oc2cccnn2)c1)c1cc2c(F)cccc2[nH]1. The molecule has 7 heteroatoms. The van der Waals surface area contributed by atoms with Gasteiger partial charge in [-0.3, -0.25) is 4.79 Å². The molecule has 0 saturated heterocycles. The Morgan fingerprint density at radius 1 is 1.08 bits per heavy atom. The zero-order valence-electron chi connectivity index (χ0n) is 13.4. The molecule has 1 amide bonds. The number of carbonyl (C=O) groups is 1. The van der Waals surface area contributed by atoms with E-state index in [1.165, 1.54) is 12.1 Å². The molecule has 2 heterocycles. The number of ether oxygens (including phenoxy) is 1. The van der Waals surface area contributed by atoms with Crippen molar-refractivity contribution in [1.29, 1.82) is 0 Å². The van der Waals surface area contributed by atoms with E-state index in [0.717, 1.165) is 0 Å². The lowest BCUT2D eigenvalue weighted by Gasteiger charge is -2.07. The van der Waals surface area contributed by atoms with Gasteiger partial charge in [0.05, 0.1) is 0 Å². The summed E-state index contributed by atoms with van der Waals surface area (Å²) in [7, 11) is 0. The van der Waals surface area contributed by atoms with Crippen LogP contribution in [0.2, 0.25) is 0 Å². The fraction of sp³-hybridized carbons (Fsp3) is 0. The third-order valence-electron chi connectivity index (χ3n) is 3.72. The topological polar surface area (TPSA) is 79.9 Å². The Balaban J connectivity index is 1.53. The zero-order valence-corrected chi connectivity index (χ0v) is 13.4. The van der Waals surface area contributed by atoms with Gasteiger partial charge in [0.1, 0.15) is 17.3 Å². The average Bonchev–Trinajstić information content (AvgIpc) is 3.09. The first-order valence-corrected chi connectivity index (χ1v) is 7.83. The van der Waals surface area contributed by atoms with Crippen molar-refractivity contribution >= 4 is 22.5 Å². The summed E-state index contributed by atoms with van der Waals surface area (Å²) in [5.74, 6) is 0.0995. The second kappa shape index (κ2) is 6.64. The summed E-state index contributed by atoms with van der Waals surface area (Å²) in [6, 6.07) is 16.4. The van der Waals surface area contributed by atoms with E-state index in [2.05, 4.69) is 20.5 Å². The third-order valence-corrected chi connectivity index (χ3v) is 3.72. The molecule has 0 unspecified atom stereocenters. The van der Waals surface area contributed by atoms with E-state index in [0.29, 0.717) is 28.2 Å². The summed E-state index contributed by atoms with van der Waals surface area (Å²) in [6.07, 6.45) is 1.55. The normalized spacial score (nSPS) is 10.7. The maximum Gasteiger partial charge on any atom is 0.272 e. The molecular formula is C19H13FN4O2. The minimum atomic E-state index is -0.378. The Morgan fingerprint density at radius 3 is 2.77 bits per heavy atom. The van der Waals surface area contributed by atoms with E-state index in [1.807, 2.05) is 0 Å². The van der Waals surface area contributed by atoms with Crippen molar-refractivity contribution in [2.75, 3.05) is 5.32 Å². The van der Waals surface area contributed by atoms with Gasteiger partial charge in [-0.1, -0.05) is 12.1 Å². The highest BCUT2D eigenvalue weighted by atomic mass is 19.1. The van der Waals surface area contributed by atoms with E-state index >= 15 is 0 Å². The van der Waals surface area contributed by atoms with Gasteiger partial charge in [-0.25, -0.2) is 4.39 Å². The number of amides is 1. The summed E-state index contributed by atoms with van der Waals surface area (Å²) >= 11 is 0. The summed E-state index contributed by atoms with van der Waals surface area (Å²) < 4.78 is 19.4. The van der Waals surface area contributed by atoms with Crippen molar-refractivity contribution in [3.63, 3.8) is 0 Å². The third kappa shape index (κ3) is 3.23. The number of H-pyrrole nitrogens is 1. The zero-order chi connectivity index (χ0) is 17.9. The van der Waals surface area contributed by atoms with E-state index in [4.69, 9.17) is 4.74 Å². The monoisotopic (exact) mass is 348 g/mol. The molecule has 0 bridgehead atoms. The molecule has 2 aromatic carbocycles. The van der Waals surface area contributed by atoms with Crippen molar-refractivity contribution in [3.05, 3.63) is 78.4 Å². The Hall–Kier alpha value is -3.74. The summed E-state index contributed by atoms with van der Waals surface area (Å²) in [5.41, 5.74) is 1.37. The molecule has 0 spiro atoms. The minimum Gasteiger partial charge on any atom is -0.437 e. The van der Waals surface area contributed by atoms with Gasteiger partial charge < -0.3 is 15.0 Å². The first-order valence-electron chi connectivity index (χ1n) is 7.83. The Kier molecular flexibility index (Phi) is 4.03. The predicted molar refractivity (Wildman–Crippen MR) is 94.8 cm³/mol. The number of nitrogens with one attached hydrogen (secondary N) is 2. The van der Waals surface area contributed by atoms with Gasteiger partial charge in [-0.2, -0.15) is 5.10 Å². The molecule has 26 heavy (non-hydrogen) atoms. The second-order valence-corrected chi connectivity index (χ2v) is 5.53. The molecule has 4 aromatic rings. The van der Waals surface area contributed by atoms with Crippen LogP contribution in [0.25, 0.3) is 10.9 Å². The largest absolute Gasteiger partial charge is 0.437 e. The van der Waals surface area contributed by atoms with Gasteiger partial charge in [-0.05, 0) is 36.4 Å². The highest BCUT2D eigenvalue weighted by Crippen LogP contribution is 2.23. The van der Waals surface area contributed by atoms with Crippen LogP contribution in [-0.4, -0.2) is 21.1 Å². The Morgan fingerprint density at radius 2 is 1.96 bits per heavy atom. The maximum absolute atomic E-state index is 13.8. The van der Waals surface area contributed by atoms with Crippen molar-refractivity contribution in [1.82, 2.24) is 15.2 Å². The maximum atomic E-state index is 13.8. The van der Waals surface area contributed by atoms with E-state index in [-0.39, 0.29) is 17.4 Å². The van der Waals surface area contributed by atoms with Crippen molar-refractivity contribution in [2.45, 2.75) is 0 Å². The summed E-state index contributed by atoms with van der Waals surface area (Å²) in [5, 5.41) is 10.7. The number of halogens is 1. The summed E-state index contributed by atoms with van der Waals surface area (Å²) in [4.78, 5) is 15.3. The van der Waals surface area contributed by atoms with Crippen LogP contribution in [0.5, 0.6) is 11.6 Å². The van der Waals surface area contributed by atoms with Crippen LogP contribution in [0, 0.1) is 5.82 Å². The fourth-order valence-electron chi connectivity index (χ4n) is 2.54. The number of hydrogen-bond donors (Lipinski definition) is 2. The lowest BCUT2D eigenvalue weighted by atomic mass is 10.2. The molecular weight excluding hydrogens is 335 g/mol. The van der Waals surface area contributed by atoms with Crippen LogP contribution < -0.4 is 10.1 Å². The molecule has 0 aliphatic carbocycles. The molecule has 2 N–H and O–H groups in total. The molecule has 2 aromatic heterocycles. The van der Waals surface area contributed by atoms with E-state index in [1.54, 1.807) is 54.7 Å². The van der Waals surface area contributed by atoms with Crippen LogP contribution in [0.15, 0.2) is 66.9 Å². The average molecular weight is 348 g/mol. The molecule has 0 saturated carbocycles. The molecule has 4 rings (SSSR count). The number of nitrogens with zero attached hydrogens (tertiary/aromatic N) is 2. The molecule has 0 atom stereocenters. The molecule has 0 radical (unpaired) electrons. The molecule has 0 aliphatic rings. The van der Waals surface area contributed by atoms with E-state index < -0.39 is 0 Å². The Bertz CT molecular complexity index is 1080. The van der Waals surface area contributed by atoms with Gasteiger partial charge in [0, 0.05) is 34.9 Å². The first kappa shape index (κ1) is 15.8. The van der Waals surface area contributed by atoms with Crippen LogP contribution in [-0.2, 0) is 0 Å². The second-order valence-electron chi connectivity index (χ2n) is 5.53. The number of rotatable bonds is 4. The highest BCUT2D eigenvalue weighted by molar-refractivity contribution is 6.06. The smallest absolute Gasteiger partial charge is 0.272 e. The first-order chi connectivity index (χ1) is 12.7. The van der Waals surface area contributed by atoms with Crippen LogP contribution in [0.1, 0.15) is 10.5 Å². The highest BCUT2D eigenvalue weighted by Gasteiger charge is 2.12.